The van der Waals surface area contributed by atoms with Crippen LogP contribution in [0.4, 0.5) is 26.3 Å². The molecule has 176 valence electrons. The average molecular weight is 472 g/mol. The number of hydrogen-bond acceptors (Lipinski definition) is 4. The summed E-state index contributed by atoms with van der Waals surface area (Å²) in [7, 11) is 1.24. The third kappa shape index (κ3) is 4.71. The molecule has 1 aliphatic rings. The molecular formula is C20H18F6N6O. The molecule has 0 radical (unpaired) electrons. The molecule has 1 N–H and O–H groups in total. The van der Waals surface area contributed by atoms with Gasteiger partial charge >= 0.3 is 12.4 Å². The van der Waals surface area contributed by atoms with Crippen molar-refractivity contribution in [2.75, 3.05) is 0 Å². The lowest BCUT2D eigenvalue weighted by Gasteiger charge is -2.16. The van der Waals surface area contributed by atoms with E-state index in [0.717, 1.165) is 29.8 Å². The van der Waals surface area contributed by atoms with E-state index in [0.29, 0.717) is 30.2 Å². The zero-order chi connectivity index (χ0) is 24.0. The number of fused-ring (bicyclic) bond motifs is 1. The maximum Gasteiger partial charge on any atom is 0.435 e. The molecule has 1 amide bonds. The Morgan fingerprint density at radius 1 is 1.06 bits per heavy atom. The van der Waals surface area contributed by atoms with E-state index in [1.165, 1.54) is 24.0 Å². The Bertz CT molecular complexity index is 1180. The zero-order valence-corrected chi connectivity index (χ0v) is 17.2. The highest BCUT2D eigenvalue weighted by molar-refractivity contribution is 5.93. The van der Waals surface area contributed by atoms with E-state index in [9.17, 15) is 31.1 Å². The summed E-state index contributed by atoms with van der Waals surface area (Å²) in [6.45, 7) is 0. The van der Waals surface area contributed by atoms with Crippen LogP contribution in [0.15, 0.2) is 30.6 Å². The van der Waals surface area contributed by atoms with E-state index < -0.39 is 35.7 Å². The second kappa shape index (κ2) is 8.19. The first-order valence-electron chi connectivity index (χ1n) is 9.97. The molecule has 0 aliphatic heterocycles. The summed E-state index contributed by atoms with van der Waals surface area (Å²) >= 11 is 0. The van der Waals surface area contributed by atoms with Crippen LogP contribution in [0.1, 0.15) is 58.4 Å². The number of nitrogens with zero attached hydrogens (tertiary/aromatic N) is 5. The van der Waals surface area contributed by atoms with Gasteiger partial charge in [0.2, 0.25) is 0 Å². The summed E-state index contributed by atoms with van der Waals surface area (Å²) in [5, 5.41) is 10.5. The van der Waals surface area contributed by atoms with Crippen LogP contribution in [0.5, 0.6) is 0 Å². The van der Waals surface area contributed by atoms with Crippen molar-refractivity contribution in [1.82, 2.24) is 29.9 Å². The number of pyridine rings is 1. The minimum Gasteiger partial charge on any atom is -0.344 e. The van der Waals surface area contributed by atoms with Gasteiger partial charge in [-0.15, -0.1) is 0 Å². The molecule has 0 unspecified atom stereocenters. The number of halogens is 6. The van der Waals surface area contributed by atoms with Gasteiger partial charge in [-0.25, -0.2) is 4.68 Å². The molecule has 3 aromatic heterocycles. The lowest BCUT2D eigenvalue weighted by molar-refractivity contribution is -0.142. The Morgan fingerprint density at radius 3 is 2.45 bits per heavy atom. The predicted molar refractivity (Wildman–Crippen MR) is 102 cm³/mol. The first kappa shape index (κ1) is 22.8. The Kier molecular flexibility index (Phi) is 5.66. The smallest absolute Gasteiger partial charge is 0.344 e. The molecule has 1 atom stereocenters. The Balaban J connectivity index is 1.62. The highest BCUT2D eigenvalue weighted by Crippen LogP contribution is 2.32. The molecule has 4 rings (SSSR count). The first-order chi connectivity index (χ1) is 15.4. The summed E-state index contributed by atoms with van der Waals surface area (Å²) in [5.74, 6) is -0.741. The molecule has 1 aliphatic carbocycles. The van der Waals surface area contributed by atoms with Crippen molar-refractivity contribution >= 4 is 5.91 Å². The van der Waals surface area contributed by atoms with E-state index in [4.69, 9.17) is 0 Å². The van der Waals surface area contributed by atoms with Crippen LogP contribution in [0.25, 0.3) is 5.69 Å². The quantitative estimate of drug-likeness (QED) is 0.457. The maximum absolute atomic E-state index is 13.0. The van der Waals surface area contributed by atoms with Gasteiger partial charge in [-0.2, -0.15) is 36.5 Å². The molecule has 0 fully saturated rings. The summed E-state index contributed by atoms with van der Waals surface area (Å²) in [6.07, 6.45) is -4.22. The summed E-state index contributed by atoms with van der Waals surface area (Å²) < 4.78 is 80.0. The highest BCUT2D eigenvalue weighted by atomic mass is 19.4. The largest absolute Gasteiger partial charge is 0.435 e. The molecule has 0 saturated heterocycles. The number of alkyl halides is 6. The number of aryl methyl sites for hydroxylation is 2. The molecule has 0 bridgehead atoms. The molecule has 0 saturated carbocycles. The number of carbonyl (C=O) groups is 1. The van der Waals surface area contributed by atoms with Gasteiger partial charge in [0.05, 0.1) is 17.4 Å². The molecule has 7 nitrogen and oxygen atoms in total. The SMILES string of the molecule is Cn1nc(C(F)(F)F)cc1C(=O)N[C@@H]1CCCCc2nn(-c3ccnc(C(F)(F)F)c3)cc21. The Morgan fingerprint density at radius 2 is 1.79 bits per heavy atom. The Labute approximate surface area is 183 Å². The van der Waals surface area contributed by atoms with Crippen molar-refractivity contribution in [3.63, 3.8) is 0 Å². The minimum atomic E-state index is -4.69. The highest BCUT2D eigenvalue weighted by Gasteiger charge is 2.36. The summed E-state index contributed by atoms with van der Waals surface area (Å²) in [4.78, 5) is 16.1. The Hall–Kier alpha value is -3.38. The molecule has 3 aromatic rings. The van der Waals surface area contributed by atoms with Crippen LogP contribution in [0.2, 0.25) is 0 Å². The number of rotatable bonds is 3. The first-order valence-corrected chi connectivity index (χ1v) is 9.97. The van der Waals surface area contributed by atoms with Crippen molar-refractivity contribution < 1.29 is 31.1 Å². The van der Waals surface area contributed by atoms with Crippen LogP contribution in [0, 0.1) is 0 Å². The van der Waals surface area contributed by atoms with Crippen LogP contribution in [-0.4, -0.2) is 30.5 Å². The van der Waals surface area contributed by atoms with Crippen molar-refractivity contribution in [3.8, 4) is 5.69 Å². The summed E-state index contributed by atoms with van der Waals surface area (Å²) in [5.41, 5.74) is -1.15. The standard InChI is InChI=1S/C20H18F6N6O/c1-31-15(9-17(30-31)20(24,25)26)18(33)28-13-4-2-3-5-14-12(13)10-32(29-14)11-6-7-27-16(8-11)19(21,22)23/h6-10,13H,2-5H2,1H3,(H,28,33)/t13-/m1/s1. The van der Waals surface area contributed by atoms with E-state index in [2.05, 4.69) is 20.5 Å². The lowest BCUT2D eigenvalue weighted by atomic mass is 10.1. The van der Waals surface area contributed by atoms with E-state index in [1.807, 2.05) is 0 Å². The van der Waals surface area contributed by atoms with E-state index >= 15 is 0 Å². The van der Waals surface area contributed by atoms with E-state index in [-0.39, 0.29) is 11.4 Å². The number of hydrogen-bond donors (Lipinski definition) is 1. The van der Waals surface area contributed by atoms with Gasteiger partial charge in [0, 0.05) is 31.1 Å². The van der Waals surface area contributed by atoms with Gasteiger partial charge in [0.15, 0.2) is 5.69 Å². The third-order valence-corrected chi connectivity index (χ3v) is 5.36. The minimum absolute atomic E-state index is 0.150. The second-order valence-corrected chi connectivity index (χ2v) is 7.68. The fraction of sp³-hybridized carbons (Fsp3) is 0.400. The number of amides is 1. The molecule has 3 heterocycles. The number of carbonyl (C=O) groups excluding carboxylic acids is 1. The molecular weight excluding hydrogens is 454 g/mol. The van der Waals surface area contributed by atoms with Crippen LogP contribution < -0.4 is 5.32 Å². The van der Waals surface area contributed by atoms with Crippen LogP contribution in [-0.2, 0) is 25.8 Å². The van der Waals surface area contributed by atoms with Crippen molar-refractivity contribution in [2.24, 2.45) is 7.05 Å². The van der Waals surface area contributed by atoms with Gasteiger partial charge < -0.3 is 5.32 Å². The maximum atomic E-state index is 13.0. The monoisotopic (exact) mass is 472 g/mol. The number of aromatic nitrogens is 5. The molecule has 33 heavy (non-hydrogen) atoms. The lowest BCUT2D eigenvalue weighted by Crippen LogP contribution is -2.30. The van der Waals surface area contributed by atoms with Gasteiger partial charge in [-0.1, -0.05) is 6.42 Å². The van der Waals surface area contributed by atoms with Crippen molar-refractivity contribution in [2.45, 2.75) is 44.1 Å². The fourth-order valence-corrected chi connectivity index (χ4v) is 3.75. The molecule has 0 aromatic carbocycles. The normalized spacial score (nSPS) is 16.9. The molecule has 13 heteroatoms. The van der Waals surface area contributed by atoms with Crippen LogP contribution >= 0.6 is 0 Å². The van der Waals surface area contributed by atoms with Gasteiger partial charge in [-0.3, -0.25) is 14.5 Å². The third-order valence-electron chi connectivity index (χ3n) is 5.36. The van der Waals surface area contributed by atoms with Crippen molar-refractivity contribution in [1.29, 1.82) is 0 Å². The van der Waals surface area contributed by atoms with Gasteiger partial charge in [0.25, 0.3) is 5.91 Å². The van der Waals surface area contributed by atoms with Crippen LogP contribution in [0.3, 0.4) is 0 Å². The topological polar surface area (TPSA) is 77.6 Å². The summed E-state index contributed by atoms with van der Waals surface area (Å²) in [6, 6.07) is 2.35. The molecule has 0 spiro atoms. The van der Waals surface area contributed by atoms with Crippen molar-refractivity contribution in [3.05, 3.63) is 58.9 Å². The fourth-order valence-electron chi connectivity index (χ4n) is 3.75. The van der Waals surface area contributed by atoms with E-state index in [1.54, 1.807) is 0 Å². The van der Waals surface area contributed by atoms with Gasteiger partial charge in [0.1, 0.15) is 11.4 Å². The number of nitrogens with one attached hydrogen (secondary N) is 1. The zero-order valence-electron chi connectivity index (χ0n) is 17.2. The van der Waals surface area contributed by atoms with Gasteiger partial charge in [-0.05, 0) is 31.4 Å². The average Bonchev–Trinajstić information content (AvgIpc) is 3.29. The predicted octanol–water partition coefficient (Wildman–Crippen LogP) is 4.24. The second-order valence-electron chi connectivity index (χ2n) is 7.68.